The fourth-order valence-corrected chi connectivity index (χ4v) is 3.90. The van der Waals surface area contributed by atoms with Gasteiger partial charge in [0.1, 0.15) is 0 Å². The van der Waals surface area contributed by atoms with Crippen LogP contribution in [0.15, 0.2) is 0 Å². The van der Waals surface area contributed by atoms with Gasteiger partial charge >= 0.3 is 0 Å². The molecule has 1 aliphatic carbocycles. The number of carbonyl (C=O) groups is 1. The van der Waals surface area contributed by atoms with Crippen LogP contribution in [0, 0.1) is 5.41 Å². The average molecular weight is 323 g/mol. The van der Waals surface area contributed by atoms with Crippen molar-refractivity contribution in [2.75, 3.05) is 18.4 Å². The minimum absolute atomic E-state index is 0.118. The Labute approximate surface area is 135 Å². The number of hydrogen-bond donors (Lipinski definition) is 3. The van der Waals surface area contributed by atoms with Gasteiger partial charge in [-0.15, -0.1) is 11.3 Å². The fourth-order valence-electron chi connectivity index (χ4n) is 2.82. The van der Waals surface area contributed by atoms with Gasteiger partial charge in [-0.2, -0.15) is 0 Å². The van der Waals surface area contributed by atoms with Gasteiger partial charge < -0.3 is 16.0 Å². The van der Waals surface area contributed by atoms with Crippen molar-refractivity contribution in [2.24, 2.45) is 5.73 Å². The number of fused-ring (bicyclic) bond motifs is 1. The highest BCUT2D eigenvalue weighted by molar-refractivity contribution is 7.15. The van der Waals surface area contributed by atoms with Crippen LogP contribution in [0.25, 0.3) is 0 Å². The number of carbonyl (C=O) groups excluding carboxylic acids is 1. The SMILES string of the molecule is CCCCN(CC)C(=O)[C@H]1CCCc2sc(NC(=N)N)nc21. The molecule has 0 bridgehead atoms. The number of nitrogens with one attached hydrogen (secondary N) is 2. The summed E-state index contributed by atoms with van der Waals surface area (Å²) in [7, 11) is 0. The Morgan fingerprint density at radius 2 is 2.32 bits per heavy atom. The number of rotatable bonds is 6. The first-order valence-electron chi connectivity index (χ1n) is 7.96. The highest BCUT2D eigenvalue weighted by Crippen LogP contribution is 2.37. The van der Waals surface area contributed by atoms with E-state index in [2.05, 4.69) is 17.2 Å². The summed E-state index contributed by atoms with van der Waals surface area (Å²) >= 11 is 1.51. The summed E-state index contributed by atoms with van der Waals surface area (Å²) in [5.41, 5.74) is 6.25. The van der Waals surface area contributed by atoms with Gasteiger partial charge in [0, 0.05) is 18.0 Å². The zero-order chi connectivity index (χ0) is 16.1. The molecule has 0 spiro atoms. The number of aromatic nitrogens is 1. The van der Waals surface area contributed by atoms with Gasteiger partial charge in [0.15, 0.2) is 11.1 Å². The van der Waals surface area contributed by atoms with Crippen molar-refractivity contribution in [1.82, 2.24) is 9.88 Å². The zero-order valence-electron chi connectivity index (χ0n) is 13.3. The van der Waals surface area contributed by atoms with E-state index in [1.807, 2.05) is 11.8 Å². The molecule has 122 valence electrons. The highest BCUT2D eigenvalue weighted by Gasteiger charge is 2.32. The Balaban J connectivity index is 2.18. The Bertz CT molecular complexity index is 542. The molecule has 0 radical (unpaired) electrons. The lowest BCUT2D eigenvalue weighted by Gasteiger charge is -2.28. The molecule has 0 fully saturated rings. The molecule has 0 aromatic carbocycles. The number of hydrogen-bond acceptors (Lipinski definition) is 4. The smallest absolute Gasteiger partial charge is 0.231 e. The van der Waals surface area contributed by atoms with Crippen LogP contribution in [0.4, 0.5) is 5.13 Å². The summed E-state index contributed by atoms with van der Waals surface area (Å²) in [6.07, 6.45) is 4.95. The van der Waals surface area contributed by atoms with Crippen LogP contribution in [-0.4, -0.2) is 34.8 Å². The fraction of sp³-hybridized carbons (Fsp3) is 0.667. The second-order valence-corrected chi connectivity index (χ2v) is 6.67. The summed E-state index contributed by atoms with van der Waals surface area (Å²) < 4.78 is 0. The van der Waals surface area contributed by atoms with Crippen molar-refractivity contribution < 1.29 is 4.79 Å². The Hall–Kier alpha value is -1.63. The minimum Gasteiger partial charge on any atom is -0.370 e. The molecule has 1 heterocycles. The Morgan fingerprint density at radius 1 is 1.55 bits per heavy atom. The minimum atomic E-state index is -0.140. The maximum absolute atomic E-state index is 12.8. The number of thiazole rings is 1. The van der Waals surface area contributed by atoms with Gasteiger partial charge in [-0.05, 0) is 32.6 Å². The number of nitrogens with two attached hydrogens (primary N) is 1. The molecule has 6 nitrogen and oxygen atoms in total. The van der Waals surface area contributed by atoms with Crippen LogP contribution in [-0.2, 0) is 11.2 Å². The van der Waals surface area contributed by atoms with Gasteiger partial charge in [0.2, 0.25) is 5.91 Å². The van der Waals surface area contributed by atoms with Gasteiger partial charge in [-0.1, -0.05) is 13.3 Å². The van der Waals surface area contributed by atoms with Crippen molar-refractivity contribution >= 4 is 28.3 Å². The van der Waals surface area contributed by atoms with Crippen LogP contribution < -0.4 is 11.1 Å². The molecule has 0 saturated carbocycles. The third-order valence-corrected chi connectivity index (χ3v) is 5.02. The number of amides is 1. The monoisotopic (exact) mass is 323 g/mol. The Kier molecular flexibility index (Phi) is 5.76. The van der Waals surface area contributed by atoms with Gasteiger partial charge in [-0.3, -0.25) is 10.2 Å². The van der Waals surface area contributed by atoms with E-state index in [1.54, 1.807) is 0 Å². The Morgan fingerprint density at radius 3 is 2.95 bits per heavy atom. The van der Waals surface area contributed by atoms with E-state index >= 15 is 0 Å². The molecular formula is C15H25N5OS. The summed E-state index contributed by atoms with van der Waals surface area (Å²) in [5.74, 6) is -0.0667. The molecular weight excluding hydrogens is 298 g/mol. The van der Waals surface area contributed by atoms with E-state index in [4.69, 9.17) is 11.1 Å². The van der Waals surface area contributed by atoms with E-state index in [1.165, 1.54) is 11.3 Å². The number of guanidine groups is 1. The maximum atomic E-state index is 12.8. The zero-order valence-corrected chi connectivity index (χ0v) is 14.1. The third-order valence-electron chi connectivity index (χ3n) is 3.97. The largest absolute Gasteiger partial charge is 0.370 e. The lowest BCUT2D eigenvalue weighted by Crippen LogP contribution is -2.37. The topological polar surface area (TPSA) is 95.1 Å². The lowest BCUT2D eigenvalue weighted by molar-refractivity contribution is -0.133. The predicted molar refractivity (Wildman–Crippen MR) is 90.5 cm³/mol. The quantitative estimate of drug-likeness (QED) is 0.554. The van der Waals surface area contributed by atoms with Crippen molar-refractivity contribution in [2.45, 2.75) is 51.9 Å². The van der Waals surface area contributed by atoms with E-state index in [0.717, 1.165) is 55.8 Å². The van der Waals surface area contributed by atoms with Gasteiger partial charge in [-0.25, -0.2) is 4.98 Å². The van der Waals surface area contributed by atoms with Gasteiger partial charge in [0.05, 0.1) is 11.6 Å². The molecule has 1 amide bonds. The van der Waals surface area contributed by atoms with Crippen LogP contribution >= 0.6 is 11.3 Å². The predicted octanol–water partition coefficient (Wildman–Crippen LogP) is 2.52. The first kappa shape index (κ1) is 16.7. The number of aryl methyl sites for hydroxylation is 1. The average Bonchev–Trinajstić information content (AvgIpc) is 2.88. The lowest BCUT2D eigenvalue weighted by atomic mass is 9.90. The summed E-state index contributed by atoms with van der Waals surface area (Å²) in [6.45, 7) is 5.73. The molecule has 4 N–H and O–H groups in total. The van der Waals surface area contributed by atoms with Gasteiger partial charge in [0.25, 0.3) is 0 Å². The highest BCUT2D eigenvalue weighted by atomic mass is 32.1. The van der Waals surface area contributed by atoms with Crippen molar-refractivity contribution in [3.63, 3.8) is 0 Å². The number of nitrogens with zero attached hydrogens (tertiary/aromatic N) is 2. The molecule has 0 saturated heterocycles. The maximum Gasteiger partial charge on any atom is 0.231 e. The van der Waals surface area contributed by atoms with Crippen LogP contribution in [0.2, 0.25) is 0 Å². The van der Waals surface area contributed by atoms with Crippen LogP contribution in [0.5, 0.6) is 0 Å². The van der Waals surface area contributed by atoms with E-state index in [-0.39, 0.29) is 17.8 Å². The summed E-state index contributed by atoms with van der Waals surface area (Å²) in [4.78, 5) is 20.5. The van der Waals surface area contributed by atoms with Crippen LogP contribution in [0.1, 0.15) is 56.0 Å². The number of anilines is 1. The van der Waals surface area contributed by atoms with E-state index in [0.29, 0.717) is 5.13 Å². The molecule has 0 aliphatic heterocycles. The molecule has 1 aromatic heterocycles. The molecule has 7 heteroatoms. The number of likely N-dealkylation sites (N-methyl/N-ethyl adjacent to an activating group) is 1. The molecule has 1 aromatic rings. The van der Waals surface area contributed by atoms with Crippen molar-refractivity contribution in [3.05, 3.63) is 10.6 Å². The van der Waals surface area contributed by atoms with E-state index < -0.39 is 0 Å². The summed E-state index contributed by atoms with van der Waals surface area (Å²) in [5, 5.41) is 10.7. The second kappa shape index (κ2) is 7.58. The molecule has 1 aliphatic rings. The molecule has 1 atom stereocenters. The first-order valence-corrected chi connectivity index (χ1v) is 8.77. The van der Waals surface area contributed by atoms with Crippen molar-refractivity contribution in [3.8, 4) is 0 Å². The number of unbranched alkanes of at least 4 members (excludes halogenated alkanes) is 1. The van der Waals surface area contributed by atoms with Crippen LogP contribution in [0.3, 0.4) is 0 Å². The second-order valence-electron chi connectivity index (χ2n) is 5.58. The molecule has 22 heavy (non-hydrogen) atoms. The molecule has 0 unspecified atom stereocenters. The molecule has 2 rings (SSSR count). The third kappa shape index (κ3) is 3.76. The standard InChI is InChI=1S/C15H25N5OS/c1-3-5-9-20(4-2)13(21)10-7-6-8-11-12(10)18-15(22-11)19-14(16)17/h10H,3-9H2,1-2H3,(H4,16,17,18,19)/t10-/m0/s1. The van der Waals surface area contributed by atoms with Crippen molar-refractivity contribution in [1.29, 1.82) is 5.41 Å². The normalized spacial score (nSPS) is 16.9. The first-order chi connectivity index (χ1) is 10.6. The summed E-state index contributed by atoms with van der Waals surface area (Å²) in [6, 6.07) is 0. The van der Waals surface area contributed by atoms with E-state index in [9.17, 15) is 4.79 Å².